The highest BCUT2D eigenvalue weighted by atomic mass is 16.5. The van der Waals surface area contributed by atoms with E-state index in [9.17, 15) is 0 Å². The molecule has 1 aromatic rings. The van der Waals surface area contributed by atoms with Crippen LogP contribution in [0.15, 0.2) is 24.3 Å². The minimum atomic E-state index is 0.298. The first-order valence-electron chi connectivity index (χ1n) is 7.80. The Kier molecular flexibility index (Phi) is 7.63. The first kappa shape index (κ1) is 17.0. The van der Waals surface area contributed by atoms with E-state index >= 15 is 0 Å². The lowest BCUT2D eigenvalue weighted by molar-refractivity contribution is 0.192. The Bertz CT molecular complexity index is 381. The van der Waals surface area contributed by atoms with Crippen molar-refractivity contribution in [2.45, 2.75) is 46.2 Å². The van der Waals surface area contributed by atoms with Gasteiger partial charge in [-0.05, 0) is 39.9 Å². The average Bonchev–Trinajstić information content (AvgIpc) is 2.49. The summed E-state index contributed by atoms with van der Waals surface area (Å²) >= 11 is 0. The summed E-state index contributed by atoms with van der Waals surface area (Å²) in [5, 5.41) is 3.44. The van der Waals surface area contributed by atoms with Gasteiger partial charge in [-0.1, -0.05) is 32.0 Å². The largest absolute Gasteiger partial charge is 0.494 e. The third-order valence-corrected chi connectivity index (χ3v) is 3.98. The van der Waals surface area contributed by atoms with E-state index in [0.717, 1.165) is 18.8 Å². The monoisotopic (exact) mass is 278 g/mol. The van der Waals surface area contributed by atoms with Crippen LogP contribution in [0.2, 0.25) is 0 Å². The van der Waals surface area contributed by atoms with Crippen molar-refractivity contribution in [1.82, 2.24) is 10.2 Å². The number of ether oxygens (including phenoxy) is 1. The quantitative estimate of drug-likeness (QED) is 0.748. The first-order valence-corrected chi connectivity index (χ1v) is 7.80. The standard InChI is InChI=1S/C17H30N2O/c1-6-14(4)19(7-2)13-16(18-5)15-11-9-10-12-17(15)20-8-3/h9-12,14,16,18H,6-8,13H2,1-5H3. The molecule has 0 aromatic heterocycles. The highest BCUT2D eigenvalue weighted by Crippen LogP contribution is 2.26. The molecule has 0 saturated heterocycles. The molecule has 0 amide bonds. The van der Waals surface area contributed by atoms with E-state index in [1.54, 1.807) is 0 Å². The summed E-state index contributed by atoms with van der Waals surface area (Å²) in [6.45, 7) is 11.6. The van der Waals surface area contributed by atoms with Crippen molar-refractivity contribution in [2.24, 2.45) is 0 Å². The molecule has 3 nitrogen and oxygen atoms in total. The summed E-state index contributed by atoms with van der Waals surface area (Å²) in [7, 11) is 2.03. The number of nitrogens with zero attached hydrogens (tertiary/aromatic N) is 1. The predicted octanol–water partition coefficient (Wildman–Crippen LogP) is 3.47. The van der Waals surface area contributed by atoms with Gasteiger partial charge in [0.1, 0.15) is 5.75 Å². The molecule has 20 heavy (non-hydrogen) atoms. The summed E-state index contributed by atoms with van der Waals surface area (Å²) in [6, 6.07) is 9.25. The van der Waals surface area contributed by atoms with Crippen LogP contribution in [0, 0.1) is 0 Å². The number of hydrogen-bond acceptors (Lipinski definition) is 3. The van der Waals surface area contributed by atoms with Gasteiger partial charge >= 0.3 is 0 Å². The second-order valence-corrected chi connectivity index (χ2v) is 5.16. The van der Waals surface area contributed by atoms with Crippen molar-refractivity contribution in [3.63, 3.8) is 0 Å². The molecular weight excluding hydrogens is 248 g/mol. The molecule has 1 N–H and O–H groups in total. The van der Waals surface area contributed by atoms with Gasteiger partial charge in [-0.3, -0.25) is 4.90 Å². The van der Waals surface area contributed by atoms with Gasteiger partial charge in [0.25, 0.3) is 0 Å². The highest BCUT2D eigenvalue weighted by Gasteiger charge is 2.19. The van der Waals surface area contributed by atoms with E-state index in [2.05, 4.69) is 49.2 Å². The van der Waals surface area contributed by atoms with Crippen molar-refractivity contribution in [1.29, 1.82) is 0 Å². The number of likely N-dealkylation sites (N-methyl/N-ethyl adjacent to an activating group) is 2. The average molecular weight is 278 g/mol. The van der Waals surface area contributed by atoms with Gasteiger partial charge in [0, 0.05) is 24.2 Å². The molecule has 0 aliphatic rings. The zero-order valence-corrected chi connectivity index (χ0v) is 13.6. The Balaban J connectivity index is 2.89. The normalized spacial score (nSPS) is 14.3. The van der Waals surface area contributed by atoms with Crippen molar-refractivity contribution < 1.29 is 4.74 Å². The molecule has 0 spiro atoms. The van der Waals surface area contributed by atoms with Gasteiger partial charge in [-0.15, -0.1) is 0 Å². The Hall–Kier alpha value is -1.06. The van der Waals surface area contributed by atoms with Crippen LogP contribution in [-0.2, 0) is 0 Å². The van der Waals surface area contributed by atoms with Crippen LogP contribution in [0.3, 0.4) is 0 Å². The molecule has 0 fully saturated rings. The molecule has 0 bridgehead atoms. The molecular formula is C17H30N2O. The maximum Gasteiger partial charge on any atom is 0.124 e. The number of rotatable bonds is 9. The zero-order valence-electron chi connectivity index (χ0n) is 13.6. The second kappa shape index (κ2) is 8.98. The van der Waals surface area contributed by atoms with Crippen LogP contribution in [0.5, 0.6) is 5.75 Å². The molecule has 2 atom stereocenters. The van der Waals surface area contributed by atoms with Gasteiger partial charge in [-0.2, -0.15) is 0 Å². The summed E-state index contributed by atoms with van der Waals surface area (Å²) in [4.78, 5) is 2.52. The lowest BCUT2D eigenvalue weighted by Crippen LogP contribution is -2.39. The Morgan fingerprint density at radius 2 is 1.90 bits per heavy atom. The van der Waals surface area contributed by atoms with Gasteiger partial charge < -0.3 is 10.1 Å². The minimum Gasteiger partial charge on any atom is -0.494 e. The van der Waals surface area contributed by atoms with Crippen molar-refractivity contribution >= 4 is 0 Å². The summed E-state index contributed by atoms with van der Waals surface area (Å²) in [5.41, 5.74) is 1.25. The van der Waals surface area contributed by atoms with Crippen molar-refractivity contribution in [3.05, 3.63) is 29.8 Å². The molecule has 1 rings (SSSR count). The van der Waals surface area contributed by atoms with Gasteiger partial charge in [0.15, 0.2) is 0 Å². The van der Waals surface area contributed by atoms with E-state index in [-0.39, 0.29) is 0 Å². The molecule has 0 aliphatic carbocycles. The molecule has 0 heterocycles. The highest BCUT2D eigenvalue weighted by molar-refractivity contribution is 5.36. The Morgan fingerprint density at radius 1 is 1.20 bits per heavy atom. The van der Waals surface area contributed by atoms with E-state index in [4.69, 9.17) is 4.74 Å². The van der Waals surface area contributed by atoms with Crippen molar-refractivity contribution in [2.75, 3.05) is 26.7 Å². The SMILES string of the molecule is CCOc1ccccc1C(CN(CC)C(C)CC)NC. The lowest BCUT2D eigenvalue weighted by Gasteiger charge is -2.31. The molecule has 3 heteroatoms. The predicted molar refractivity (Wildman–Crippen MR) is 86.4 cm³/mol. The van der Waals surface area contributed by atoms with E-state index in [1.165, 1.54) is 12.0 Å². The number of hydrogen-bond donors (Lipinski definition) is 1. The molecule has 0 radical (unpaired) electrons. The lowest BCUT2D eigenvalue weighted by atomic mass is 10.0. The first-order chi connectivity index (χ1) is 9.67. The molecule has 114 valence electrons. The third kappa shape index (κ3) is 4.50. The summed E-state index contributed by atoms with van der Waals surface area (Å²) in [6.07, 6.45) is 1.18. The summed E-state index contributed by atoms with van der Waals surface area (Å²) in [5.74, 6) is 0.995. The van der Waals surface area contributed by atoms with Crippen molar-refractivity contribution in [3.8, 4) is 5.75 Å². The van der Waals surface area contributed by atoms with Gasteiger partial charge in [-0.25, -0.2) is 0 Å². The number of para-hydroxylation sites is 1. The van der Waals surface area contributed by atoms with Crippen LogP contribution in [-0.4, -0.2) is 37.7 Å². The van der Waals surface area contributed by atoms with Crippen LogP contribution < -0.4 is 10.1 Å². The second-order valence-electron chi connectivity index (χ2n) is 5.16. The molecule has 2 unspecified atom stereocenters. The fourth-order valence-corrected chi connectivity index (χ4v) is 2.51. The third-order valence-electron chi connectivity index (χ3n) is 3.98. The van der Waals surface area contributed by atoms with Crippen LogP contribution in [0.4, 0.5) is 0 Å². The van der Waals surface area contributed by atoms with E-state index in [1.807, 2.05) is 20.0 Å². The Morgan fingerprint density at radius 3 is 2.45 bits per heavy atom. The van der Waals surface area contributed by atoms with Gasteiger partial charge in [0.05, 0.1) is 6.61 Å². The van der Waals surface area contributed by atoms with Crippen LogP contribution in [0.25, 0.3) is 0 Å². The maximum absolute atomic E-state index is 5.76. The Labute approximate surface area is 124 Å². The van der Waals surface area contributed by atoms with E-state index < -0.39 is 0 Å². The number of benzene rings is 1. The van der Waals surface area contributed by atoms with Gasteiger partial charge in [0.2, 0.25) is 0 Å². The van der Waals surface area contributed by atoms with Crippen LogP contribution >= 0.6 is 0 Å². The summed E-state index contributed by atoms with van der Waals surface area (Å²) < 4.78 is 5.76. The molecule has 0 saturated carbocycles. The van der Waals surface area contributed by atoms with Crippen LogP contribution in [0.1, 0.15) is 45.7 Å². The maximum atomic E-state index is 5.76. The van der Waals surface area contributed by atoms with E-state index in [0.29, 0.717) is 18.7 Å². The molecule has 1 aromatic carbocycles. The fourth-order valence-electron chi connectivity index (χ4n) is 2.51. The molecule has 0 aliphatic heterocycles. The minimum absolute atomic E-state index is 0.298. The topological polar surface area (TPSA) is 24.5 Å². The smallest absolute Gasteiger partial charge is 0.124 e. The zero-order chi connectivity index (χ0) is 15.0. The fraction of sp³-hybridized carbons (Fsp3) is 0.647. The number of nitrogens with one attached hydrogen (secondary N) is 1.